The van der Waals surface area contributed by atoms with E-state index in [1.54, 1.807) is 0 Å². The first-order chi connectivity index (χ1) is 14.5. The molecule has 0 atom stereocenters. The quantitative estimate of drug-likeness (QED) is 0.474. The number of nitrogens with zero attached hydrogens (tertiary/aromatic N) is 3. The lowest BCUT2D eigenvalue weighted by Crippen LogP contribution is -2.30. The predicted octanol–water partition coefficient (Wildman–Crippen LogP) is 5.00. The number of rotatable bonds is 9. The van der Waals surface area contributed by atoms with E-state index in [2.05, 4.69) is 65.2 Å². The second kappa shape index (κ2) is 10.3. The zero-order valence-corrected chi connectivity index (χ0v) is 18.8. The van der Waals surface area contributed by atoms with Crippen LogP contribution in [0.1, 0.15) is 33.3 Å². The fourth-order valence-corrected chi connectivity index (χ4v) is 3.85. The number of aromatic amines is 1. The highest BCUT2D eigenvalue weighted by atomic mass is 32.2. The molecule has 0 aliphatic heterocycles. The van der Waals surface area contributed by atoms with Gasteiger partial charge >= 0.3 is 0 Å². The van der Waals surface area contributed by atoms with Crippen LogP contribution in [0.15, 0.2) is 53.7 Å². The molecular formula is C23H29N5OS. The van der Waals surface area contributed by atoms with Gasteiger partial charge in [0.1, 0.15) is 0 Å². The van der Waals surface area contributed by atoms with E-state index in [1.165, 1.54) is 17.3 Å². The smallest absolute Gasteiger partial charge is 0.234 e. The van der Waals surface area contributed by atoms with E-state index in [1.807, 2.05) is 36.4 Å². The van der Waals surface area contributed by atoms with Crippen LogP contribution in [0, 0.1) is 0 Å². The average molecular weight is 424 g/mol. The summed E-state index contributed by atoms with van der Waals surface area (Å²) in [5.74, 6) is 0.880. The molecule has 2 N–H and O–H groups in total. The maximum absolute atomic E-state index is 12.3. The normalized spacial score (nSPS) is 11.0. The molecule has 0 spiro atoms. The van der Waals surface area contributed by atoms with Crippen LogP contribution in [-0.4, -0.2) is 39.4 Å². The first kappa shape index (κ1) is 21.9. The molecule has 0 saturated heterocycles. The van der Waals surface area contributed by atoms with Crippen molar-refractivity contribution in [2.24, 2.45) is 0 Å². The minimum absolute atomic E-state index is 0.0809. The molecule has 158 valence electrons. The van der Waals surface area contributed by atoms with E-state index in [9.17, 15) is 4.79 Å². The van der Waals surface area contributed by atoms with Crippen LogP contribution < -0.4 is 10.2 Å². The monoisotopic (exact) mass is 423 g/mol. The Morgan fingerprint density at radius 2 is 1.80 bits per heavy atom. The third kappa shape index (κ3) is 5.63. The minimum atomic E-state index is -0.0809. The Hall–Kier alpha value is -2.80. The van der Waals surface area contributed by atoms with Gasteiger partial charge in [0.25, 0.3) is 0 Å². The lowest BCUT2D eigenvalue weighted by molar-refractivity contribution is -0.113. The molecule has 1 aromatic heterocycles. The number of carbonyl (C=O) groups is 1. The average Bonchev–Trinajstić information content (AvgIpc) is 3.23. The molecule has 0 fully saturated rings. The fourth-order valence-electron chi connectivity index (χ4n) is 3.25. The van der Waals surface area contributed by atoms with Gasteiger partial charge in [-0.3, -0.25) is 9.89 Å². The van der Waals surface area contributed by atoms with Gasteiger partial charge in [0, 0.05) is 29.5 Å². The number of thioether (sulfide) groups is 1. The Bertz CT molecular complexity index is 950. The number of amides is 1. The van der Waals surface area contributed by atoms with Crippen LogP contribution in [0.5, 0.6) is 0 Å². The Kier molecular flexibility index (Phi) is 7.52. The van der Waals surface area contributed by atoms with Gasteiger partial charge in [-0.05, 0) is 57.0 Å². The SMILES string of the molecule is CCc1ccc(-c2nc(SCC(=O)Nc3ccc(N(CC)C(C)C)cc3)n[nH]2)cc1. The van der Waals surface area contributed by atoms with E-state index in [0.717, 1.165) is 29.9 Å². The molecule has 1 amide bonds. The summed E-state index contributed by atoms with van der Waals surface area (Å²) >= 11 is 1.31. The second-order valence-electron chi connectivity index (χ2n) is 7.28. The molecule has 2 aromatic carbocycles. The third-order valence-electron chi connectivity index (χ3n) is 4.88. The Balaban J connectivity index is 1.53. The summed E-state index contributed by atoms with van der Waals surface area (Å²) in [4.78, 5) is 19.1. The number of hydrogen-bond donors (Lipinski definition) is 2. The van der Waals surface area contributed by atoms with Crippen molar-refractivity contribution >= 4 is 29.0 Å². The van der Waals surface area contributed by atoms with Crippen molar-refractivity contribution in [1.82, 2.24) is 15.2 Å². The van der Waals surface area contributed by atoms with E-state index >= 15 is 0 Å². The van der Waals surface area contributed by atoms with Crippen molar-refractivity contribution in [2.45, 2.75) is 45.3 Å². The summed E-state index contributed by atoms with van der Waals surface area (Å²) in [5.41, 5.74) is 4.21. The summed E-state index contributed by atoms with van der Waals surface area (Å²) in [6.07, 6.45) is 1.00. The van der Waals surface area contributed by atoms with Crippen LogP contribution >= 0.6 is 11.8 Å². The Morgan fingerprint density at radius 3 is 2.40 bits per heavy atom. The van der Waals surface area contributed by atoms with Gasteiger partial charge in [-0.1, -0.05) is 43.0 Å². The fraction of sp³-hybridized carbons (Fsp3) is 0.348. The number of H-pyrrole nitrogens is 1. The molecule has 7 heteroatoms. The molecular weight excluding hydrogens is 394 g/mol. The van der Waals surface area contributed by atoms with Gasteiger partial charge in [-0.2, -0.15) is 0 Å². The third-order valence-corrected chi connectivity index (χ3v) is 5.73. The molecule has 0 aliphatic carbocycles. The number of carbonyl (C=O) groups excluding carboxylic acids is 1. The van der Waals surface area contributed by atoms with Crippen LogP contribution in [0.4, 0.5) is 11.4 Å². The lowest BCUT2D eigenvalue weighted by atomic mass is 10.1. The number of aryl methyl sites for hydroxylation is 1. The van der Waals surface area contributed by atoms with Crippen LogP contribution in [0.25, 0.3) is 11.4 Å². The minimum Gasteiger partial charge on any atom is -0.369 e. The Labute approximate surface area is 182 Å². The predicted molar refractivity (Wildman–Crippen MR) is 125 cm³/mol. The van der Waals surface area contributed by atoms with Gasteiger partial charge in [-0.15, -0.1) is 5.10 Å². The van der Waals surface area contributed by atoms with Crippen LogP contribution in [0.2, 0.25) is 0 Å². The van der Waals surface area contributed by atoms with Gasteiger partial charge in [0.15, 0.2) is 5.82 Å². The zero-order chi connectivity index (χ0) is 21.5. The molecule has 0 saturated carbocycles. The highest BCUT2D eigenvalue weighted by Crippen LogP contribution is 2.22. The van der Waals surface area contributed by atoms with E-state index in [4.69, 9.17) is 0 Å². The molecule has 0 unspecified atom stereocenters. The number of benzene rings is 2. The molecule has 6 nitrogen and oxygen atoms in total. The van der Waals surface area contributed by atoms with Crippen molar-refractivity contribution < 1.29 is 4.79 Å². The summed E-state index contributed by atoms with van der Waals surface area (Å²) < 4.78 is 0. The summed E-state index contributed by atoms with van der Waals surface area (Å²) in [5, 5.41) is 10.7. The molecule has 3 aromatic rings. The van der Waals surface area contributed by atoms with Crippen LogP contribution in [0.3, 0.4) is 0 Å². The summed E-state index contributed by atoms with van der Waals surface area (Å²) in [6, 6.07) is 16.6. The van der Waals surface area contributed by atoms with Crippen molar-refractivity contribution in [2.75, 3.05) is 22.5 Å². The summed E-state index contributed by atoms with van der Waals surface area (Å²) in [6.45, 7) is 9.56. The van der Waals surface area contributed by atoms with Gasteiger partial charge in [0.2, 0.25) is 11.1 Å². The molecule has 3 rings (SSSR count). The number of hydrogen-bond acceptors (Lipinski definition) is 5. The number of anilines is 2. The molecule has 0 radical (unpaired) electrons. The molecule has 1 heterocycles. The maximum Gasteiger partial charge on any atom is 0.234 e. The first-order valence-corrected chi connectivity index (χ1v) is 11.3. The highest BCUT2D eigenvalue weighted by molar-refractivity contribution is 7.99. The van der Waals surface area contributed by atoms with Crippen molar-refractivity contribution in [3.05, 3.63) is 54.1 Å². The Morgan fingerprint density at radius 1 is 1.10 bits per heavy atom. The van der Waals surface area contributed by atoms with E-state index in [-0.39, 0.29) is 11.7 Å². The topological polar surface area (TPSA) is 73.9 Å². The van der Waals surface area contributed by atoms with Crippen molar-refractivity contribution in [3.8, 4) is 11.4 Å². The molecule has 0 aliphatic rings. The van der Waals surface area contributed by atoms with Crippen molar-refractivity contribution in [3.63, 3.8) is 0 Å². The maximum atomic E-state index is 12.3. The molecule has 30 heavy (non-hydrogen) atoms. The van der Waals surface area contributed by atoms with Crippen LogP contribution in [-0.2, 0) is 11.2 Å². The zero-order valence-electron chi connectivity index (χ0n) is 18.0. The number of aromatic nitrogens is 3. The second-order valence-corrected chi connectivity index (χ2v) is 8.22. The van der Waals surface area contributed by atoms with Gasteiger partial charge in [0.05, 0.1) is 5.75 Å². The first-order valence-electron chi connectivity index (χ1n) is 10.3. The standard InChI is InChI=1S/C23H29N5OS/c1-5-17-7-9-18(10-8-17)22-25-23(27-26-22)30-15-21(29)24-19-11-13-20(14-12-19)28(6-2)16(3)4/h7-14,16H,5-6,15H2,1-4H3,(H,24,29)(H,25,26,27). The highest BCUT2D eigenvalue weighted by Gasteiger charge is 2.11. The molecule has 0 bridgehead atoms. The number of nitrogens with one attached hydrogen (secondary N) is 2. The van der Waals surface area contributed by atoms with E-state index < -0.39 is 0 Å². The lowest BCUT2D eigenvalue weighted by Gasteiger charge is -2.27. The largest absolute Gasteiger partial charge is 0.369 e. The summed E-state index contributed by atoms with van der Waals surface area (Å²) in [7, 11) is 0. The van der Waals surface area contributed by atoms with Crippen molar-refractivity contribution in [1.29, 1.82) is 0 Å². The van der Waals surface area contributed by atoms with Gasteiger partial charge in [-0.25, -0.2) is 4.98 Å². The van der Waals surface area contributed by atoms with Gasteiger partial charge < -0.3 is 10.2 Å². The van der Waals surface area contributed by atoms with E-state index in [0.29, 0.717) is 17.0 Å².